The maximum atomic E-state index is 12.7. The highest BCUT2D eigenvalue weighted by Crippen LogP contribution is 2.21. The molecule has 1 amide bonds. The lowest BCUT2D eigenvalue weighted by Gasteiger charge is -2.36. The predicted octanol–water partition coefficient (Wildman–Crippen LogP) is 0.929. The lowest BCUT2D eigenvalue weighted by Crippen LogP contribution is -2.48. The van der Waals surface area contributed by atoms with Crippen molar-refractivity contribution < 1.29 is 4.79 Å². The summed E-state index contributed by atoms with van der Waals surface area (Å²) in [6.45, 7) is 7.24. The van der Waals surface area contributed by atoms with Crippen molar-refractivity contribution in [2.75, 3.05) is 39.8 Å². The summed E-state index contributed by atoms with van der Waals surface area (Å²) in [7, 11) is 2.11. The van der Waals surface area contributed by atoms with Gasteiger partial charge >= 0.3 is 0 Å². The zero-order valence-electron chi connectivity index (χ0n) is 11.8. The molecule has 0 spiro atoms. The molecule has 2 saturated heterocycles. The molecule has 1 N–H and O–H groups in total. The van der Waals surface area contributed by atoms with Crippen LogP contribution in [0.2, 0.25) is 0 Å². The fourth-order valence-corrected chi connectivity index (χ4v) is 3.20. The molecule has 18 heavy (non-hydrogen) atoms. The third kappa shape index (κ3) is 3.23. The molecule has 104 valence electrons. The SMILES string of the molecule is CCCN(C(=O)C1CCN(C)C1)C1CCNCC1. The van der Waals surface area contributed by atoms with Crippen LogP contribution in [-0.4, -0.2) is 61.5 Å². The number of carbonyl (C=O) groups excluding carboxylic acids is 1. The maximum Gasteiger partial charge on any atom is 0.227 e. The summed E-state index contributed by atoms with van der Waals surface area (Å²) in [6, 6.07) is 0.476. The Hall–Kier alpha value is -0.610. The van der Waals surface area contributed by atoms with E-state index in [0.29, 0.717) is 11.9 Å². The van der Waals surface area contributed by atoms with Crippen LogP contribution in [0.4, 0.5) is 0 Å². The van der Waals surface area contributed by atoms with Crippen molar-refractivity contribution in [3.8, 4) is 0 Å². The van der Waals surface area contributed by atoms with Gasteiger partial charge in [0.1, 0.15) is 0 Å². The van der Waals surface area contributed by atoms with Gasteiger partial charge in [0.05, 0.1) is 5.92 Å². The minimum atomic E-state index is 0.247. The van der Waals surface area contributed by atoms with Crippen LogP contribution in [0.5, 0.6) is 0 Å². The van der Waals surface area contributed by atoms with Gasteiger partial charge in [-0.1, -0.05) is 6.92 Å². The standard InChI is InChI=1S/C14H27N3O/c1-3-9-17(13-4-7-15-8-5-13)14(18)12-6-10-16(2)11-12/h12-13,15H,3-11H2,1-2H3. The zero-order valence-corrected chi connectivity index (χ0v) is 11.8. The van der Waals surface area contributed by atoms with Crippen LogP contribution >= 0.6 is 0 Å². The van der Waals surface area contributed by atoms with E-state index < -0.39 is 0 Å². The first-order valence-corrected chi connectivity index (χ1v) is 7.42. The van der Waals surface area contributed by atoms with E-state index in [4.69, 9.17) is 0 Å². The lowest BCUT2D eigenvalue weighted by atomic mass is 10.0. The lowest BCUT2D eigenvalue weighted by molar-refractivity contribution is -0.138. The minimum absolute atomic E-state index is 0.247. The molecular weight excluding hydrogens is 226 g/mol. The normalized spacial score (nSPS) is 26.4. The Morgan fingerprint density at radius 3 is 2.61 bits per heavy atom. The van der Waals surface area contributed by atoms with Crippen LogP contribution < -0.4 is 5.32 Å². The van der Waals surface area contributed by atoms with Crippen LogP contribution in [0.3, 0.4) is 0 Å². The van der Waals surface area contributed by atoms with Gasteiger partial charge in [-0.05, 0) is 52.4 Å². The average molecular weight is 253 g/mol. The smallest absolute Gasteiger partial charge is 0.227 e. The number of likely N-dealkylation sites (tertiary alicyclic amines) is 1. The van der Waals surface area contributed by atoms with E-state index in [0.717, 1.165) is 58.4 Å². The summed E-state index contributed by atoms with van der Waals surface area (Å²) >= 11 is 0. The number of hydrogen-bond acceptors (Lipinski definition) is 3. The number of carbonyl (C=O) groups is 1. The highest BCUT2D eigenvalue weighted by molar-refractivity contribution is 5.79. The summed E-state index contributed by atoms with van der Waals surface area (Å²) in [5, 5.41) is 3.38. The maximum absolute atomic E-state index is 12.7. The van der Waals surface area contributed by atoms with Gasteiger partial charge in [0.2, 0.25) is 5.91 Å². The molecule has 2 fully saturated rings. The topological polar surface area (TPSA) is 35.6 Å². The van der Waals surface area contributed by atoms with Gasteiger partial charge in [0, 0.05) is 19.1 Å². The van der Waals surface area contributed by atoms with E-state index in [1.165, 1.54) is 0 Å². The van der Waals surface area contributed by atoms with Gasteiger partial charge in [-0.3, -0.25) is 4.79 Å². The average Bonchev–Trinajstić information content (AvgIpc) is 2.83. The molecule has 0 aliphatic carbocycles. The number of hydrogen-bond donors (Lipinski definition) is 1. The van der Waals surface area contributed by atoms with Crippen molar-refractivity contribution in [1.82, 2.24) is 15.1 Å². The van der Waals surface area contributed by atoms with Crippen molar-refractivity contribution in [2.45, 2.75) is 38.6 Å². The molecule has 1 atom stereocenters. The summed E-state index contributed by atoms with van der Waals surface area (Å²) in [5.41, 5.74) is 0. The molecule has 1 unspecified atom stereocenters. The summed E-state index contributed by atoms with van der Waals surface area (Å²) in [6.07, 6.45) is 4.35. The molecule has 0 bridgehead atoms. The third-order valence-electron chi connectivity index (χ3n) is 4.24. The Morgan fingerprint density at radius 2 is 2.06 bits per heavy atom. The van der Waals surface area contributed by atoms with Gasteiger partial charge in [0.15, 0.2) is 0 Å². The molecular formula is C14H27N3O. The van der Waals surface area contributed by atoms with Crippen molar-refractivity contribution in [1.29, 1.82) is 0 Å². The summed E-state index contributed by atoms with van der Waals surface area (Å²) < 4.78 is 0. The van der Waals surface area contributed by atoms with Crippen LogP contribution in [0.1, 0.15) is 32.6 Å². The second kappa shape index (κ2) is 6.53. The van der Waals surface area contributed by atoms with Crippen molar-refractivity contribution in [2.24, 2.45) is 5.92 Å². The molecule has 2 rings (SSSR count). The minimum Gasteiger partial charge on any atom is -0.339 e. The van der Waals surface area contributed by atoms with Crippen LogP contribution in [0.15, 0.2) is 0 Å². The first kappa shape index (κ1) is 13.8. The first-order chi connectivity index (χ1) is 8.72. The van der Waals surface area contributed by atoms with Gasteiger partial charge in [-0.2, -0.15) is 0 Å². The van der Waals surface area contributed by atoms with E-state index in [-0.39, 0.29) is 5.92 Å². The number of rotatable bonds is 4. The Labute approximate surface area is 111 Å². The monoisotopic (exact) mass is 253 g/mol. The Balaban J connectivity index is 1.97. The quantitative estimate of drug-likeness (QED) is 0.809. The predicted molar refractivity (Wildman–Crippen MR) is 73.5 cm³/mol. The number of piperidine rings is 1. The Morgan fingerprint density at radius 1 is 1.33 bits per heavy atom. The first-order valence-electron chi connectivity index (χ1n) is 7.42. The van der Waals surface area contributed by atoms with Gasteiger partial charge in [-0.15, -0.1) is 0 Å². The van der Waals surface area contributed by atoms with Crippen molar-refractivity contribution in [3.63, 3.8) is 0 Å². The van der Waals surface area contributed by atoms with Gasteiger partial charge in [0.25, 0.3) is 0 Å². The highest BCUT2D eigenvalue weighted by atomic mass is 16.2. The van der Waals surface area contributed by atoms with Gasteiger partial charge in [-0.25, -0.2) is 0 Å². The zero-order chi connectivity index (χ0) is 13.0. The Kier molecular flexibility index (Phi) is 5.01. The molecule has 2 heterocycles. The van der Waals surface area contributed by atoms with E-state index in [2.05, 4.69) is 29.1 Å². The summed E-state index contributed by atoms with van der Waals surface area (Å²) in [5.74, 6) is 0.657. The largest absolute Gasteiger partial charge is 0.339 e. The van der Waals surface area contributed by atoms with Crippen LogP contribution in [0, 0.1) is 5.92 Å². The fraction of sp³-hybridized carbons (Fsp3) is 0.929. The van der Waals surface area contributed by atoms with Crippen molar-refractivity contribution in [3.05, 3.63) is 0 Å². The molecule has 0 aromatic carbocycles. The van der Waals surface area contributed by atoms with Crippen molar-refractivity contribution >= 4 is 5.91 Å². The van der Waals surface area contributed by atoms with Gasteiger partial charge < -0.3 is 15.1 Å². The fourth-order valence-electron chi connectivity index (χ4n) is 3.20. The molecule has 2 aliphatic rings. The van der Waals surface area contributed by atoms with E-state index in [1.54, 1.807) is 0 Å². The second-order valence-electron chi connectivity index (χ2n) is 5.76. The Bertz CT molecular complexity index is 276. The molecule has 0 radical (unpaired) electrons. The van der Waals surface area contributed by atoms with E-state index in [9.17, 15) is 4.79 Å². The molecule has 0 aromatic heterocycles. The van der Waals surface area contributed by atoms with E-state index in [1.807, 2.05) is 0 Å². The molecule has 0 aromatic rings. The third-order valence-corrected chi connectivity index (χ3v) is 4.24. The molecule has 4 nitrogen and oxygen atoms in total. The van der Waals surface area contributed by atoms with E-state index >= 15 is 0 Å². The van der Waals surface area contributed by atoms with Crippen LogP contribution in [0.25, 0.3) is 0 Å². The molecule has 2 aliphatic heterocycles. The summed E-state index contributed by atoms with van der Waals surface area (Å²) in [4.78, 5) is 17.1. The van der Waals surface area contributed by atoms with Crippen LogP contribution in [-0.2, 0) is 4.79 Å². The highest BCUT2D eigenvalue weighted by Gasteiger charge is 2.33. The molecule has 4 heteroatoms. The number of nitrogens with one attached hydrogen (secondary N) is 1. The number of amides is 1. The molecule has 0 saturated carbocycles. The second-order valence-corrected chi connectivity index (χ2v) is 5.76. The number of nitrogens with zero attached hydrogens (tertiary/aromatic N) is 2.